The van der Waals surface area contributed by atoms with Gasteiger partial charge in [-0.3, -0.25) is 4.98 Å². The van der Waals surface area contributed by atoms with Gasteiger partial charge in [0.2, 0.25) is 5.82 Å². The molecule has 2 aromatic rings. The van der Waals surface area contributed by atoms with Crippen molar-refractivity contribution in [3.8, 4) is 11.4 Å². The first-order valence-corrected chi connectivity index (χ1v) is 3.73. The number of aromatic nitrogens is 5. The van der Waals surface area contributed by atoms with Crippen LogP contribution in [0, 0.1) is 6.92 Å². The summed E-state index contributed by atoms with van der Waals surface area (Å²) in [6.45, 7) is 1.84. The monoisotopic (exact) mass is 176 g/mol. The van der Waals surface area contributed by atoms with Crippen molar-refractivity contribution in [3.63, 3.8) is 0 Å². The van der Waals surface area contributed by atoms with Crippen LogP contribution in [0.15, 0.2) is 12.3 Å². The smallest absolute Gasteiger partial charge is 0.206 e. The summed E-state index contributed by atoms with van der Waals surface area (Å²) in [6, 6.07) is 1.77. The Morgan fingerprint density at radius 3 is 2.92 bits per heavy atom. The summed E-state index contributed by atoms with van der Waals surface area (Å²) in [4.78, 5) is 4.09. The van der Waals surface area contributed by atoms with Gasteiger partial charge in [0.25, 0.3) is 0 Å². The molecule has 0 aliphatic carbocycles. The molecule has 13 heavy (non-hydrogen) atoms. The number of rotatable bonds is 1. The molecule has 2 heterocycles. The minimum Gasteiger partial charge on any atom is -0.397 e. The number of hydrogen-bond donors (Lipinski definition) is 2. The number of anilines is 1. The van der Waals surface area contributed by atoms with Crippen molar-refractivity contribution in [2.45, 2.75) is 6.92 Å². The topological polar surface area (TPSA) is 93.4 Å². The number of H-pyrrole nitrogens is 1. The molecule has 6 heteroatoms. The van der Waals surface area contributed by atoms with E-state index in [0.717, 1.165) is 11.3 Å². The Balaban J connectivity index is 2.49. The number of nitrogens with two attached hydrogens (primary N) is 1. The summed E-state index contributed by atoms with van der Waals surface area (Å²) in [5, 5.41) is 13.4. The minimum absolute atomic E-state index is 0.499. The molecule has 0 saturated carbocycles. The number of aryl methyl sites for hydroxylation is 1. The minimum atomic E-state index is 0.499. The lowest BCUT2D eigenvalue weighted by Crippen LogP contribution is -1.94. The Labute approximate surface area is 74.2 Å². The molecule has 2 rings (SSSR count). The van der Waals surface area contributed by atoms with Gasteiger partial charge in [0.15, 0.2) is 0 Å². The number of nitrogens with one attached hydrogen (secondary N) is 1. The molecule has 0 amide bonds. The normalized spacial score (nSPS) is 10.2. The zero-order valence-electron chi connectivity index (χ0n) is 7.02. The SMILES string of the molecule is Cc1ncc(-c2nn[nH]n2)cc1N. The summed E-state index contributed by atoms with van der Waals surface area (Å²) in [5.74, 6) is 0.499. The van der Waals surface area contributed by atoms with E-state index in [0.29, 0.717) is 11.5 Å². The fourth-order valence-electron chi connectivity index (χ4n) is 0.957. The van der Waals surface area contributed by atoms with Crippen molar-refractivity contribution in [1.82, 2.24) is 25.6 Å². The van der Waals surface area contributed by atoms with E-state index in [9.17, 15) is 0 Å². The Morgan fingerprint density at radius 1 is 1.46 bits per heavy atom. The van der Waals surface area contributed by atoms with Crippen LogP contribution < -0.4 is 5.73 Å². The molecule has 0 aliphatic rings. The van der Waals surface area contributed by atoms with Gasteiger partial charge in [0.05, 0.1) is 11.4 Å². The molecule has 0 aromatic carbocycles. The highest BCUT2D eigenvalue weighted by Gasteiger charge is 2.04. The lowest BCUT2D eigenvalue weighted by molar-refractivity contribution is 0.881. The van der Waals surface area contributed by atoms with E-state index in [4.69, 9.17) is 5.73 Å². The summed E-state index contributed by atoms with van der Waals surface area (Å²) in [7, 11) is 0. The molecule has 0 saturated heterocycles. The first-order chi connectivity index (χ1) is 6.27. The van der Waals surface area contributed by atoms with E-state index in [-0.39, 0.29) is 0 Å². The van der Waals surface area contributed by atoms with Crippen molar-refractivity contribution >= 4 is 5.69 Å². The van der Waals surface area contributed by atoms with Crippen molar-refractivity contribution in [1.29, 1.82) is 0 Å². The van der Waals surface area contributed by atoms with Crippen LogP contribution >= 0.6 is 0 Å². The number of nitrogen functional groups attached to an aromatic ring is 1. The molecule has 0 atom stereocenters. The molecule has 0 unspecified atom stereocenters. The largest absolute Gasteiger partial charge is 0.397 e. The molecule has 6 nitrogen and oxygen atoms in total. The van der Waals surface area contributed by atoms with Gasteiger partial charge in [0.1, 0.15) is 0 Å². The molecule has 0 aliphatic heterocycles. The van der Waals surface area contributed by atoms with Crippen molar-refractivity contribution in [2.24, 2.45) is 0 Å². The van der Waals surface area contributed by atoms with Crippen LogP contribution in [0.4, 0.5) is 5.69 Å². The Morgan fingerprint density at radius 2 is 2.31 bits per heavy atom. The van der Waals surface area contributed by atoms with Crippen LogP contribution in [0.3, 0.4) is 0 Å². The lowest BCUT2D eigenvalue weighted by Gasteiger charge is -1.99. The molecule has 3 N–H and O–H groups in total. The number of nitrogens with zero attached hydrogens (tertiary/aromatic N) is 4. The molecule has 2 aromatic heterocycles. The van der Waals surface area contributed by atoms with E-state index in [1.165, 1.54) is 0 Å². The Hall–Kier alpha value is -1.98. The van der Waals surface area contributed by atoms with Crippen LogP contribution in [-0.4, -0.2) is 25.6 Å². The second-order valence-electron chi connectivity index (χ2n) is 2.63. The van der Waals surface area contributed by atoms with Gasteiger partial charge in [-0.2, -0.15) is 5.21 Å². The highest BCUT2D eigenvalue weighted by Crippen LogP contribution is 2.16. The fourth-order valence-corrected chi connectivity index (χ4v) is 0.957. The first kappa shape index (κ1) is 7.66. The third kappa shape index (κ3) is 1.33. The van der Waals surface area contributed by atoms with Crippen LogP contribution in [0.5, 0.6) is 0 Å². The van der Waals surface area contributed by atoms with E-state index in [2.05, 4.69) is 25.6 Å². The molecule has 0 radical (unpaired) electrons. The van der Waals surface area contributed by atoms with Gasteiger partial charge in [-0.05, 0) is 18.2 Å². The van der Waals surface area contributed by atoms with E-state index < -0.39 is 0 Å². The van der Waals surface area contributed by atoms with Gasteiger partial charge in [-0.15, -0.1) is 10.2 Å². The van der Waals surface area contributed by atoms with Crippen LogP contribution in [0.2, 0.25) is 0 Å². The summed E-state index contributed by atoms with van der Waals surface area (Å²) in [5.41, 5.74) is 7.86. The third-order valence-corrected chi connectivity index (χ3v) is 1.73. The quantitative estimate of drug-likeness (QED) is 0.645. The highest BCUT2D eigenvalue weighted by molar-refractivity contribution is 5.60. The van der Waals surface area contributed by atoms with Gasteiger partial charge in [0, 0.05) is 11.8 Å². The molecular weight excluding hydrogens is 168 g/mol. The number of pyridine rings is 1. The second kappa shape index (κ2) is 2.81. The predicted molar refractivity (Wildman–Crippen MR) is 46.6 cm³/mol. The van der Waals surface area contributed by atoms with Crippen LogP contribution in [-0.2, 0) is 0 Å². The van der Waals surface area contributed by atoms with Crippen LogP contribution in [0.25, 0.3) is 11.4 Å². The zero-order chi connectivity index (χ0) is 9.26. The average Bonchev–Trinajstić information content (AvgIpc) is 2.62. The fraction of sp³-hybridized carbons (Fsp3) is 0.143. The van der Waals surface area contributed by atoms with Gasteiger partial charge in [-0.25, -0.2) is 0 Å². The molecular formula is C7H8N6. The van der Waals surface area contributed by atoms with Crippen molar-refractivity contribution < 1.29 is 0 Å². The standard InChI is InChI=1S/C7H8N6/c1-4-6(8)2-5(3-9-4)7-10-12-13-11-7/h2-3H,8H2,1H3,(H,10,11,12,13). The van der Waals surface area contributed by atoms with Crippen molar-refractivity contribution in [3.05, 3.63) is 18.0 Å². The summed E-state index contributed by atoms with van der Waals surface area (Å²) >= 11 is 0. The molecule has 0 bridgehead atoms. The second-order valence-corrected chi connectivity index (χ2v) is 2.63. The zero-order valence-corrected chi connectivity index (χ0v) is 7.02. The summed E-state index contributed by atoms with van der Waals surface area (Å²) in [6.07, 6.45) is 1.66. The maximum atomic E-state index is 5.68. The van der Waals surface area contributed by atoms with Crippen molar-refractivity contribution in [2.75, 3.05) is 5.73 Å². The van der Waals surface area contributed by atoms with E-state index in [1.54, 1.807) is 12.3 Å². The first-order valence-electron chi connectivity index (χ1n) is 3.73. The molecule has 0 fully saturated rings. The van der Waals surface area contributed by atoms with Crippen LogP contribution in [0.1, 0.15) is 5.69 Å². The predicted octanol–water partition coefficient (Wildman–Crippen LogP) is 0.152. The maximum absolute atomic E-state index is 5.68. The maximum Gasteiger partial charge on any atom is 0.206 e. The van der Waals surface area contributed by atoms with Gasteiger partial charge < -0.3 is 5.73 Å². The number of hydrogen-bond acceptors (Lipinski definition) is 5. The highest BCUT2D eigenvalue weighted by atomic mass is 15.5. The van der Waals surface area contributed by atoms with Gasteiger partial charge >= 0.3 is 0 Å². The third-order valence-electron chi connectivity index (χ3n) is 1.73. The number of tetrazole rings is 1. The Kier molecular flexibility index (Phi) is 1.66. The number of aromatic amines is 1. The summed E-state index contributed by atoms with van der Waals surface area (Å²) < 4.78 is 0. The molecule has 66 valence electrons. The van der Waals surface area contributed by atoms with E-state index in [1.807, 2.05) is 6.92 Å². The molecule has 0 spiro atoms. The Bertz CT molecular complexity index is 407. The van der Waals surface area contributed by atoms with Gasteiger partial charge in [-0.1, -0.05) is 0 Å². The van der Waals surface area contributed by atoms with E-state index >= 15 is 0 Å². The lowest BCUT2D eigenvalue weighted by atomic mass is 10.2. The average molecular weight is 176 g/mol.